The maximum atomic E-state index is 12.0. The molecule has 0 spiro atoms. The van der Waals surface area contributed by atoms with E-state index in [1.807, 2.05) is 6.92 Å². The zero-order valence-electron chi connectivity index (χ0n) is 12.2. The summed E-state index contributed by atoms with van der Waals surface area (Å²) in [6, 6.07) is 0.206. The minimum atomic E-state index is -0.465. The van der Waals surface area contributed by atoms with Gasteiger partial charge in [0, 0.05) is 12.6 Å². The summed E-state index contributed by atoms with van der Waals surface area (Å²) in [5, 5.41) is 6.99. The monoisotopic (exact) mass is 298 g/mol. The van der Waals surface area contributed by atoms with E-state index in [4.69, 9.17) is 0 Å². The molecule has 0 aromatic carbocycles. The van der Waals surface area contributed by atoms with E-state index in [1.54, 1.807) is 4.90 Å². The molecule has 1 unspecified atom stereocenters. The lowest BCUT2D eigenvalue weighted by Gasteiger charge is -2.33. The minimum absolute atomic E-state index is 0.0639. The highest BCUT2D eigenvalue weighted by Gasteiger charge is 2.23. The quantitative estimate of drug-likeness (QED) is 0.490. The first-order valence-electron chi connectivity index (χ1n) is 7.04. The summed E-state index contributed by atoms with van der Waals surface area (Å²) < 4.78 is 0. The Hall–Kier alpha value is -2.12. The fourth-order valence-corrected chi connectivity index (χ4v) is 2.18. The maximum absolute atomic E-state index is 12.0. The van der Waals surface area contributed by atoms with E-state index in [9.17, 15) is 19.2 Å². The zero-order valence-corrected chi connectivity index (χ0v) is 12.2. The van der Waals surface area contributed by atoms with Gasteiger partial charge in [0.2, 0.25) is 24.1 Å². The van der Waals surface area contributed by atoms with Gasteiger partial charge < -0.3 is 20.9 Å². The van der Waals surface area contributed by atoms with Gasteiger partial charge in [0.25, 0.3) is 0 Å². The van der Waals surface area contributed by atoms with Crippen LogP contribution in [0.4, 0.5) is 0 Å². The van der Waals surface area contributed by atoms with Crippen molar-refractivity contribution in [1.29, 1.82) is 0 Å². The molecule has 8 nitrogen and oxygen atoms in total. The van der Waals surface area contributed by atoms with E-state index >= 15 is 0 Å². The van der Waals surface area contributed by atoms with Crippen molar-refractivity contribution in [3.8, 4) is 0 Å². The van der Waals surface area contributed by atoms with Crippen LogP contribution in [0, 0.1) is 0 Å². The summed E-state index contributed by atoms with van der Waals surface area (Å²) in [6.07, 6.45) is 3.50. The van der Waals surface area contributed by atoms with Crippen LogP contribution in [0.2, 0.25) is 0 Å². The number of amides is 4. The molecule has 4 amide bonds. The van der Waals surface area contributed by atoms with Gasteiger partial charge in [-0.3, -0.25) is 19.2 Å². The third kappa shape index (κ3) is 6.24. The average Bonchev–Trinajstić information content (AvgIpc) is 2.48. The highest BCUT2D eigenvalue weighted by Crippen LogP contribution is 2.15. The molecule has 8 heteroatoms. The van der Waals surface area contributed by atoms with Crippen molar-refractivity contribution in [2.45, 2.75) is 32.2 Å². The molecular formula is C13H22N4O4. The van der Waals surface area contributed by atoms with Crippen LogP contribution < -0.4 is 16.0 Å². The summed E-state index contributed by atoms with van der Waals surface area (Å²) in [7, 11) is 0. The lowest BCUT2D eigenvalue weighted by Crippen LogP contribution is -2.48. The largest absolute Gasteiger partial charge is 0.350 e. The number of piperidine rings is 1. The van der Waals surface area contributed by atoms with E-state index in [2.05, 4.69) is 16.0 Å². The summed E-state index contributed by atoms with van der Waals surface area (Å²) in [5.41, 5.74) is 0. The van der Waals surface area contributed by atoms with Gasteiger partial charge in [-0.1, -0.05) is 0 Å². The number of carbonyl (C=O) groups is 4. The molecule has 1 heterocycles. The molecule has 21 heavy (non-hydrogen) atoms. The molecule has 1 fully saturated rings. The molecule has 0 aromatic rings. The van der Waals surface area contributed by atoms with Crippen LogP contribution in [0.15, 0.2) is 0 Å². The highest BCUT2D eigenvalue weighted by molar-refractivity contribution is 5.89. The van der Waals surface area contributed by atoms with Crippen LogP contribution in [-0.2, 0) is 19.2 Å². The van der Waals surface area contributed by atoms with Gasteiger partial charge in [-0.15, -0.1) is 0 Å². The van der Waals surface area contributed by atoms with Crippen molar-refractivity contribution >= 4 is 24.1 Å². The van der Waals surface area contributed by atoms with Crippen molar-refractivity contribution < 1.29 is 19.2 Å². The Morgan fingerprint density at radius 1 is 1.10 bits per heavy atom. The summed E-state index contributed by atoms with van der Waals surface area (Å²) in [6.45, 7) is 2.26. The van der Waals surface area contributed by atoms with Gasteiger partial charge in [0.15, 0.2) is 0 Å². The summed E-state index contributed by atoms with van der Waals surface area (Å²) >= 11 is 0. The van der Waals surface area contributed by atoms with Crippen LogP contribution in [-0.4, -0.2) is 61.3 Å². The molecule has 0 aliphatic carbocycles. The molecule has 0 saturated carbocycles. The molecule has 1 rings (SSSR count). The molecule has 0 aromatic heterocycles. The van der Waals surface area contributed by atoms with Gasteiger partial charge >= 0.3 is 0 Å². The maximum Gasteiger partial charge on any atom is 0.242 e. The number of hydrogen-bond donors (Lipinski definition) is 3. The first-order chi connectivity index (χ1) is 10.0. The summed E-state index contributed by atoms with van der Waals surface area (Å²) in [5.74, 6) is -1.01. The fourth-order valence-electron chi connectivity index (χ4n) is 2.18. The molecule has 0 radical (unpaired) electrons. The molecule has 0 bridgehead atoms. The van der Waals surface area contributed by atoms with Gasteiger partial charge in [-0.2, -0.15) is 0 Å². The van der Waals surface area contributed by atoms with Crippen molar-refractivity contribution in [3.05, 3.63) is 0 Å². The number of nitrogens with one attached hydrogen (secondary N) is 3. The molecule has 118 valence electrons. The van der Waals surface area contributed by atoms with Gasteiger partial charge in [0.1, 0.15) is 0 Å². The second-order valence-electron chi connectivity index (χ2n) is 4.98. The molecule has 1 atom stereocenters. The molecule has 1 aliphatic heterocycles. The van der Waals surface area contributed by atoms with Crippen LogP contribution in [0.25, 0.3) is 0 Å². The van der Waals surface area contributed by atoms with E-state index < -0.39 is 11.8 Å². The van der Waals surface area contributed by atoms with E-state index in [1.165, 1.54) is 0 Å². The first kappa shape index (κ1) is 16.9. The fraction of sp³-hybridized carbons (Fsp3) is 0.692. The number of hydrogen-bond acceptors (Lipinski definition) is 4. The van der Waals surface area contributed by atoms with Crippen molar-refractivity contribution in [3.63, 3.8) is 0 Å². The third-order valence-electron chi connectivity index (χ3n) is 3.35. The van der Waals surface area contributed by atoms with Crippen molar-refractivity contribution in [2.75, 3.05) is 26.2 Å². The second kappa shape index (κ2) is 8.93. The number of carbonyl (C=O) groups excluding carboxylic acids is 4. The Balaban J connectivity index is 2.21. The number of rotatable bonds is 7. The van der Waals surface area contributed by atoms with Crippen molar-refractivity contribution in [1.82, 2.24) is 20.9 Å². The van der Waals surface area contributed by atoms with E-state index in [-0.39, 0.29) is 31.6 Å². The Labute approximate surface area is 123 Å². The van der Waals surface area contributed by atoms with Crippen LogP contribution in [0.3, 0.4) is 0 Å². The predicted molar refractivity (Wildman–Crippen MR) is 75.1 cm³/mol. The van der Waals surface area contributed by atoms with Crippen LogP contribution in [0.1, 0.15) is 26.2 Å². The molecule has 3 N–H and O–H groups in total. The highest BCUT2D eigenvalue weighted by atomic mass is 16.2. The smallest absolute Gasteiger partial charge is 0.242 e. The minimum Gasteiger partial charge on any atom is -0.350 e. The first-order valence-corrected chi connectivity index (χ1v) is 7.04. The standard InChI is InChI=1S/C13H22N4O4/c1-10-4-2-3-5-17(10)13(21)8-16-12(20)7-15-11(19)6-14-9-18/h9-10H,2-8H2,1H3,(H,14,18)(H,15,19)(H,16,20). The normalized spacial score (nSPS) is 17.8. The predicted octanol–water partition coefficient (Wildman–Crippen LogP) is -1.63. The molecular weight excluding hydrogens is 276 g/mol. The average molecular weight is 298 g/mol. The Morgan fingerprint density at radius 3 is 2.43 bits per heavy atom. The number of likely N-dealkylation sites (tertiary alicyclic amines) is 1. The third-order valence-corrected chi connectivity index (χ3v) is 3.35. The van der Waals surface area contributed by atoms with E-state index in [0.717, 1.165) is 25.8 Å². The van der Waals surface area contributed by atoms with Gasteiger partial charge in [0.05, 0.1) is 19.6 Å². The van der Waals surface area contributed by atoms with Crippen LogP contribution in [0.5, 0.6) is 0 Å². The second-order valence-corrected chi connectivity index (χ2v) is 4.98. The molecule has 1 saturated heterocycles. The van der Waals surface area contributed by atoms with Gasteiger partial charge in [-0.05, 0) is 26.2 Å². The van der Waals surface area contributed by atoms with Gasteiger partial charge in [-0.25, -0.2) is 0 Å². The van der Waals surface area contributed by atoms with E-state index in [0.29, 0.717) is 6.41 Å². The Kier molecular flexibility index (Phi) is 7.20. The zero-order chi connectivity index (χ0) is 15.7. The number of nitrogens with zero attached hydrogens (tertiary/aromatic N) is 1. The molecule has 1 aliphatic rings. The summed E-state index contributed by atoms with van der Waals surface area (Å²) in [4.78, 5) is 46.4. The Bertz CT molecular complexity index is 400. The topological polar surface area (TPSA) is 108 Å². The lowest BCUT2D eigenvalue weighted by atomic mass is 10.0. The lowest BCUT2D eigenvalue weighted by molar-refractivity contribution is -0.135. The van der Waals surface area contributed by atoms with Crippen molar-refractivity contribution in [2.24, 2.45) is 0 Å². The van der Waals surface area contributed by atoms with Crippen LogP contribution >= 0.6 is 0 Å². The Morgan fingerprint density at radius 2 is 1.76 bits per heavy atom. The SMILES string of the molecule is CC1CCCCN1C(=O)CNC(=O)CNC(=O)CNC=O.